The lowest BCUT2D eigenvalue weighted by Crippen LogP contribution is -2.15. The van der Waals surface area contributed by atoms with Crippen molar-refractivity contribution in [1.82, 2.24) is 20.2 Å². The summed E-state index contributed by atoms with van der Waals surface area (Å²) in [5.41, 5.74) is 3.98. The molecule has 1 unspecified atom stereocenters. The van der Waals surface area contributed by atoms with Gasteiger partial charge in [0.1, 0.15) is 17.3 Å². The molecule has 4 rings (SSSR count). The highest BCUT2D eigenvalue weighted by Crippen LogP contribution is 2.30. The SMILES string of the molecule is CCC(c1nc2cc(Oc3ccc(-c4ccn[nH]4)cc3)ccc2[nH]1)[C@H](C)COC. The maximum absolute atomic E-state index is 6.04. The summed E-state index contributed by atoms with van der Waals surface area (Å²) in [6, 6.07) is 15.8. The van der Waals surface area contributed by atoms with E-state index in [0.29, 0.717) is 11.8 Å². The van der Waals surface area contributed by atoms with Crippen molar-refractivity contribution in [1.29, 1.82) is 0 Å². The van der Waals surface area contributed by atoms with Gasteiger partial charge in [-0.25, -0.2) is 4.98 Å². The van der Waals surface area contributed by atoms with E-state index in [9.17, 15) is 0 Å². The smallest absolute Gasteiger partial charge is 0.129 e. The van der Waals surface area contributed by atoms with Crippen LogP contribution in [0.25, 0.3) is 22.3 Å². The van der Waals surface area contributed by atoms with Crippen molar-refractivity contribution in [2.24, 2.45) is 5.92 Å². The van der Waals surface area contributed by atoms with Crippen LogP contribution >= 0.6 is 0 Å². The van der Waals surface area contributed by atoms with E-state index in [1.807, 2.05) is 48.5 Å². The van der Waals surface area contributed by atoms with Crippen molar-refractivity contribution >= 4 is 11.0 Å². The van der Waals surface area contributed by atoms with E-state index in [0.717, 1.165) is 52.6 Å². The van der Waals surface area contributed by atoms with Gasteiger partial charge in [0.15, 0.2) is 0 Å². The Hall–Kier alpha value is -3.12. The number of nitrogens with one attached hydrogen (secondary N) is 2. The normalized spacial score (nSPS) is 13.5. The fourth-order valence-electron chi connectivity index (χ4n) is 3.74. The molecule has 29 heavy (non-hydrogen) atoms. The summed E-state index contributed by atoms with van der Waals surface area (Å²) in [5.74, 6) is 3.29. The molecule has 0 fully saturated rings. The van der Waals surface area contributed by atoms with Crippen LogP contribution in [0.4, 0.5) is 0 Å². The highest BCUT2D eigenvalue weighted by molar-refractivity contribution is 5.77. The summed E-state index contributed by atoms with van der Waals surface area (Å²) in [4.78, 5) is 8.30. The summed E-state index contributed by atoms with van der Waals surface area (Å²) >= 11 is 0. The van der Waals surface area contributed by atoms with Crippen LogP contribution in [0.5, 0.6) is 11.5 Å². The van der Waals surface area contributed by atoms with Crippen molar-refractivity contribution in [2.75, 3.05) is 13.7 Å². The van der Waals surface area contributed by atoms with Crippen LogP contribution in [0, 0.1) is 5.92 Å². The minimum Gasteiger partial charge on any atom is -0.457 e. The summed E-state index contributed by atoms with van der Waals surface area (Å²) < 4.78 is 11.4. The fraction of sp³-hybridized carbons (Fsp3) is 0.304. The maximum atomic E-state index is 6.04. The lowest BCUT2D eigenvalue weighted by atomic mass is 9.91. The number of methoxy groups -OCH3 is 1. The number of imidazole rings is 1. The molecule has 0 saturated heterocycles. The summed E-state index contributed by atoms with van der Waals surface area (Å²) in [6.07, 6.45) is 2.75. The van der Waals surface area contributed by atoms with E-state index in [2.05, 4.69) is 29.0 Å². The second kappa shape index (κ2) is 8.49. The predicted molar refractivity (Wildman–Crippen MR) is 114 cm³/mol. The maximum Gasteiger partial charge on any atom is 0.129 e. The third-order valence-corrected chi connectivity index (χ3v) is 5.28. The number of hydrogen-bond donors (Lipinski definition) is 2. The van der Waals surface area contributed by atoms with Gasteiger partial charge in [-0.3, -0.25) is 5.10 Å². The molecule has 2 aromatic carbocycles. The van der Waals surface area contributed by atoms with Gasteiger partial charge in [0, 0.05) is 31.9 Å². The molecule has 6 heteroatoms. The van der Waals surface area contributed by atoms with Crippen LogP contribution in [0.15, 0.2) is 54.7 Å². The van der Waals surface area contributed by atoms with Gasteiger partial charge in [0.25, 0.3) is 0 Å². The number of hydrogen-bond acceptors (Lipinski definition) is 4. The first-order valence-corrected chi connectivity index (χ1v) is 9.94. The topological polar surface area (TPSA) is 75.8 Å². The first-order valence-electron chi connectivity index (χ1n) is 9.94. The van der Waals surface area contributed by atoms with E-state index < -0.39 is 0 Å². The third kappa shape index (κ3) is 4.17. The lowest BCUT2D eigenvalue weighted by molar-refractivity contribution is 0.144. The molecule has 2 heterocycles. The van der Waals surface area contributed by atoms with Gasteiger partial charge in [-0.2, -0.15) is 5.10 Å². The molecule has 6 nitrogen and oxygen atoms in total. The van der Waals surface area contributed by atoms with Crippen LogP contribution in [-0.2, 0) is 4.74 Å². The predicted octanol–water partition coefficient (Wildman–Crippen LogP) is 5.52. The number of aromatic nitrogens is 4. The largest absolute Gasteiger partial charge is 0.457 e. The molecule has 0 aliphatic carbocycles. The molecular formula is C23H26N4O2. The molecule has 0 saturated carbocycles. The molecule has 150 valence electrons. The van der Waals surface area contributed by atoms with E-state index in [1.54, 1.807) is 13.3 Å². The zero-order chi connectivity index (χ0) is 20.2. The lowest BCUT2D eigenvalue weighted by Gasteiger charge is -2.19. The Bertz CT molecular complexity index is 1050. The first-order chi connectivity index (χ1) is 14.2. The number of ether oxygens (including phenoxy) is 2. The van der Waals surface area contributed by atoms with Crippen LogP contribution in [0.3, 0.4) is 0 Å². The number of H-pyrrole nitrogens is 2. The van der Waals surface area contributed by atoms with Gasteiger partial charge in [-0.15, -0.1) is 0 Å². The van der Waals surface area contributed by atoms with Gasteiger partial charge in [0.2, 0.25) is 0 Å². The third-order valence-electron chi connectivity index (χ3n) is 5.28. The Kier molecular flexibility index (Phi) is 5.62. The van der Waals surface area contributed by atoms with Gasteiger partial charge in [-0.1, -0.05) is 13.8 Å². The van der Waals surface area contributed by atoms with Crippen LogP contribution in [-0.4, -0.2) is 33.9 Å². The van der Waals surface area contributed by atoms with Crippen molar-refractivity contribution in [2.45, 2.75) is 26.2 Å². The molecule has 2 atom stereocenters. The molecule has 4 aromatic rings. The first kappa shape index (κ1) is 19.2. The Morgan fingerprint density at radius 2 is 1.83 bits per heavy atom. The summed E-state index contributed by atoms with van der Waals surface area (Å²) in [6.45, 7) is 5.11. The van der Waals surface area contributed by atoms with E-state index >= 15 is 0 Å². The van der Waals surface area contributed by atoms with Crippen LogP contribution in [0.2, 0.25) is 0 Å². The zero-order valence-corrected chi connectivity index (χ0v) is 17.0. The zero-order valence-electron chi connectivity index (χ0n) is 17.0. The van der Waals surface area contributed by atoms with Crippen molar-refractivity contribution in [3.05, 3.63) is 60.6 Å². The average Bonchev–Trinajstić information content (AvgIpc) is 3.39. The Balaban J connectivity index is 1.53. The van der Waals surface area contributed by atoms with E-state index in [1.165, 1.54) is 0 Å². The van der Waals surface area contributed by atoms with Crippen LogP contribution in [0.1, 0.15) is 32.0 Å². The number of benzene rings is 2. The molecule has 0 spiro atoms. The van der Waals surface area contributed by atoms with Gasteiger partial charge >= 0.3 is 0 Å². The van der Waals surface area contributed by atoms with E-state index in [4.69, 9.17) is 14.5 Å². The van der Waals surface area contributed by atoms with Gasteiger partial charge < -0.3 is 14.5 Å². The second-order valence-electron chi connectivity index (χ2n) is 7.35. The minimum atomic E-state index is 0.335. The molecule has 2 aromatic heterocycles. The van der Waals surface area contributed by atoms with E-state index in [-0.39, 0.29) is 0 Å². The Labute approximate surface area is 170 Å². The Morgan fingerprint density at radius 1 is 1.03 bits per heavy atom. The number of fused-ring (bicyclic) bond motifs is 1. The molecule has 0 amide bonds. The molecular weight excluding hydrogens is 364 g/mol. The van der Waals surface area contributed by atoms with Gasteiger partial charge in [-0.05, 0) is 60.4 Å². The molecule has 0 aliphatic heterocycles. The minimum absolute atomic E-state index is 0.335. The second-order valence-corrected chi connectivity index (χ2v) is 7.35. The van der Waals surface area contributed by atoms with Crippen LogP contribution < -0.4 is 4.74 Å². The molecule has 2 N–H and O–H groups in total. The summed E-state index contributed by atoms with van der Waals surface area (Å²) in [5, 5.41) is 6.95. The quantitative estimate of drug-likeness (QED) is 0.415. The highest BCUT2D eigenvalue weighted by Gasteiger charge is 2.21. The van der Waals surface area contributed by atoms with Crippen molar-refractivity contribution in [3.63, 3.8) is 0 Å². The fourth-order valence-corrected chi connectivity index (χ4v) is 3.74. The number of aromatic amines is 2. The average molecular weight is 390 g/mol. The standard InChI is InChI=1S/C23H26N4O2/c1-4-19(15(2)14-28-3)23-25-21-10-9-18(13-22(21)26-23)29-17-7-5-16(6-8-17)20-11-12-24-27-20/h5-13,15,19H,4,14H2,1-3H3,(H,24,27)(H,25,26)/t15-,19?/m1/s1. The van der Waals surface area contributed by atoms with Crippen molar-refractivity contribution < 1.29 is 9.47 Å². The number of nitrogens with zero attached hydrogens (tertiary/aromatic N) is 2. The molecule has 0 bridgehead atoms. The van der Waals surface area contributed by atoms with Gasteiger partial charge in [0.05, 0.1) is 16.7 Å². The highest BCUT2D eigenvalue weighted by atomic mass is 16.5. The summed E-state index contributed by atoms with van der Waals surface area (Å²) in [7, 11) is 1.74. The molecule has 0 radical (unpaired) electrons. The molecule has 0 aliphatic rings. The number of rotatable bonds is 8. The Morgan fingerprint density at radius 3 is 2.52 bits per heavy atom. The monoisotopic (exact) mass is 390 g/mol. The van der Waals surface area contributed by atoms with Crippen molar-refractivity contribution in [3.8, 4) is 22.8 Å².